The lowest BCUT2D eigenvalue weighted by atomic mass is 9.81. The molecule has 116 valence electrons. The number of amides is 1. The summed E-state index contributed by atoms with van der Waals surface area (Å²) in [6, 6.07) is 0. The number of ether oxygens (including phenoxy) is 1. The molecule has 0 spiro atoms. The molecule has 2 rings (SSSR count). The van der Waals surface area contributed by atoms with Gasteiger partial charge in [-0.25, -0.2) is 4.79 Å². The van der Waals surface area contributed by atoms with Gasteiger partial charge < -0.3 is 15.4 Å². The molecule has 2 fully saturated rings. The van der Waals surface area contributed by atoms with Gasteiger partial charge in [-0.1, -0.05) is 25.7 Å². The second-order valence-corrected chi connectivity index (χ2v) is 7.34. The minimum absolute atomic E-state index is 0.291. The standard InChI is InChI=1S/C16H30N2O2/c1-16(2,3)20-15(19)18-9-8-13-10-17-11-14(13)12-6-4-5-7-12/h12-14,17H,4-11H2,1-3H3,(H,18,19). The highest BCUT2D eigenvalue weighted by Crippen LogP contribution is 2.37. The van der Waals surface area contributed by atoms with Crippen molar-refractivity contribution >= 4 is 6.09 Å². The van der Waals surface area contributed by atoms with Crippen molar-refractivity contribution in [3.05, 3.63) is 0 Å². The summed E-state index contributed by atoms with van der Waals surface area (Å²) in [5, 5.41) is 6.42. The Morgan fingerprint density at radius 3 is 2.60 bits per heavy atom. The number of carbonyl (C=O) groups is 1. The number of nitrogens with one attached hydrogen (secondary N) is 2. The topological polar surface area (TPSA) is 50.4 Å². The van der Waals surface area contributed by atoms with Crippen LogP contribution in [-0.4, -0.2) is 31.3 Å². The molecule has 2 aliphatic rings. The van der Waals surface area contributed by atoms with Crippen LogP contribution in [0, 0.1) is 17.8 Å². The van der Waals surface area contributed by atoms with Crippen LogP contribution in [-0.2, 0) is 4.74 Å². The van der Waals surface area contributed by atoms with E-state index in [1.165, 1.54) is 32.2 Å². The fraction of sp³-hybridized carbons (Fsp3) is 0.938. The maximum atomic E-state index is 11.6. The van der Waals surface area contributed by atoms with Crippen molar-refractivity contribution in [1.29, 1.82) is 0 Å². The van der Waals surface area contributed by atoms with Crippen LogP contribution in [0.1, 0.15) is 52.9 Å². The molecule has 0 aromatic heterocycles. The molecule has 0 aromatic carbocycles. The van der Waals surface area contributed by atoms with Crippen molar-refractivity contribution in [2.75, 3.05) is 19.6 Å². The number of rotatable bonds is 4. The molecule has 2 N–H and O–H groups in total. The first-order valence-electron chi connectivity index (χ1n) is 8.13. The van der Waals surface area contributed by atoms with Crippen LogP contribution in [0.25, 0.3) is 0 Å². The predicted molar refractivity (Wildman–Crippen MR) is 80.7 cm³/mol. The van der Waals surface area contributed by atoms with E-state index in [0.29, 0.717) is 5.92 Å². The van der Waals surface area contributed by atoms with Crippen molar-refractivity contribution in [1.82, 2.24) is 10.6 Å². The van der Waals surface area contributed by atoms with Gasteiger partial charge in [-0.15, -0.1) is 0 Å². The van der Waals surface area contributed by atoms with Gasteiger partial charge in [-0.3, -0.25) is 0 Å². The van der Waals surface area contributed by atoms with Gasteiger partial charge in [0.1, 0.15) is 5.60 Å². The third-order valence-electron chi connectivity index (χ3n) is 4.58. The summed E-state index contributed by atoms with van der Waals surface area (Å²) in [6.07, 6.45) is 6.40. The summed E-state index contributed by atoms with van der Waals surface area (Å²) in [7, 11) is 0. The first kappa shape index (κ1) is 15.6. The van der Waals surface area contributed by atoms with E-state index < -0.39 is 5.60 Å². The monoisotopic (exact) mass is 282 g/mol. The number of hydrogen-bond acceptors (Lipinski definition) is 3. The van der Waals surface area contributed by atoms with E-state index >= 15 is 0 Å². The molecule has 1 heterocycles. The molecule has 2 atom stereocenters. The highest BCUT2D eigenvalue weighted by atomic mass is 16.6. The molecule has 0 radical (unpaired) electrons. The normalized spacial score (nSPS) is 27.8. The summed E-state index contributed by atoms with van der Waals surface area (Å²) in [5.41, 5.74) is -0.411. The average molecular weight is 282 g/mol. The van der Waals surface area contributed by atoms with Crippen LogP contribution in [0.5, 0.6) is 0 Å². The number of carbonyl (C=O) groups excluding carboxylic acids is 1. The molecule has 1 saturated heterocycles. The molecule has 1 saturated carbocycles. The average Bonchev–Trinajstić information content (AvgIpc) is 2.95. The van der Waals surface area contributed by atoms with E-state index in [-0.39, 0.29) is 6.09 Å². The highest BCUT2D eigenvalue weighted by Gasteiger charge is 2.34. The Balaban J connectivity index is 1.69. The van der Waals surface area contributed by atoms with Gasteiger partial charge in [-0.2, -0.15) is 0 Å². The third-order valence-corrected chi connectivity index (χ3v) is 4.58. The molecule has 2 unspecified atom stereocenters. The minimum Gasteiger partial charge on any atom is -0.444 e. The van der Waals surface area contributed by atoms with Gasteiger partial charge in [0.25, 0.3) is 0 Å². The molecule has 0 aromatic rings. The lowest BCUT2D eigenvalue weighted by molar-refractivity contribution is 0.0523. The van der Waals surface area contributed by atoms with Gasteiger partial charge in [-0.05, 0) is 58.0 Å². The molecule has 4 heteroatoms. The van der Waals surface area contributed by atoms with Crippen LogP contribution in [0.15, 0.2) is 0 Å². The van der Waals surface area contributed by atoms with Crippen LogP contribution < -0.4 is 10.6 Å². The molecule has 1 aliphatic carbocycles. The van der Waals surface area contributed by atoms with Crippen molar-refractivity contribution < 1.29 is 9.53 Å². The summed E-state index contributed by atoms with van der Waals surface area (Å²) >= 11 is 0. The Kier molecular flexibility index (Phi) is 5.30. The van der Waals surface area contributed by atoms with Crippen LogP contribution in [0.4, 0.5) is 4.79 Å². The van der Waals surface area contributed by atoms with Crippen LogP contribution >= 0.6 is 0 Å². The lowest BCUT2D eigenvalue weighted by Gasteiger charge is -2.25. The quantitative estimate of drug-likeness (QED) is 0.833. The second-order valence-electron chi connectivity index (χ2n) is 7.34. The van der Waals surface area contributed by atoms with E-state index in [1.807, 2.05) is 20.8 Å². The third kappa shape index (κ3) is 4.65. The molecular weight excluding hydrogens is 252 g/mol. The van der Waals surface area contributed by atoms with E-state index in [0.717, 1.165) is 31.3 Å². The van der Waals surface area contributed by atoms with E-state index in [9.17, 15) is 4.79 Å². The lowest BCUT2D eigenvalue weighted by Crippen LogP contribution is -2.34. The molecule has 1 amide bonds. The van der Waals surface area contributed by atoms with Gasteiger partial charge in [0, 0.05) is 6.54 Å². The summed E-state index contributed by atoms with van der Waals surface area (Å²) in [5.74, 6) is 2.45. The zero-order valence-corrected chi connectivity index (χ0v) is 13.2. The number of alkyl carbamates (subject to hydrolysis) is 1. The van der Waals surface area contributed by atoms with Gasteiger partial charge in [0.15, 0.2) is 0 Å². The fourth-order valence-corrected chi connectivity index (χ4v) is 3.68. The Hall–Kier alpha value is -0.770. The van der Waals surface area contributed by atoms with Gasteiger partial charge in [0.2, 0.25) is 0 Å². The fourth-order valence-electron chi connectivity index (χ4n) is 3.68. The smallest absolute Gasteiger partial charge is 0.407 e. The molecule has 20 heavy (non-hydrogen) atoms. The summed E-state index contributed by atoms with van der Waals surface area (Å²) < 4.78 is 5.26. The second kappa shape index (κ2) is 6.79. The predicted octanol–water partition coefficient (Wildman–Crippen LogP) is 2.93. The Labute approximate surface area is 123 Å². The van der Waals surface area contributed by atoms with E-state index in [2.05, 4.69) is 10.6 Å². The maximum absolute atomic E-state index is 11.6. The highest BCUT2D eigenvalue weighted by molar-refractivity contribution is 5.67. The van der Waals surface area contributed by atoms with Crippen LogP contribution in [0.3, 0.4) is 0 Å². The Bertz CT molecular complexity index is 319. The summed E-state index contributed by atoms with van der Waals surface area (Å²) in [4.78, 5) is 11.6. The molecule has 0 bridgehead atoms. The Morgan fingerprint density at radius 1 is 1.25 bits per heavy atom. The van der Waals surface area contributed by atoms with Gasteiger partial charge >= 0.3 is 6.09 Å². The SMILES string of the molecule is CC(C)(C)OC(=O)NCCC1CNCC1C1CCCC1. The maximum Gasteiger partial charge on any atom is 0.407 e. The minimum atomic E-state index is -0.411. The zero-order valence-electron chi connectivity index (χ0n) is 13.2. The first-order chi connectivity index (χ1) is 9.46. The van der Waals surface area contributed by atoms with Crippen molar-refractivity contribution in [2.45, 2.75) is 58.5 Å². The zero-order chi connectivity index (χ0) is 14.6. The van der Waals surface area contributed by atoms with Crippen molar-refractivity contribution in [2.24, 2.45) is 17.8 Å². The van der Waals surface area contributed by atoms with Crippen molar-refractivity contribution in [3.8, 4) is 0 Å². The van der Waals surface area contributed by atoms with Crippen LogP contribution in [0.2, 0.25) is 0 Å². The largest absolute Gasteiger partial charge is 0.444 e. The van der Waals surface area contributed by atoms with E-state index in [4.69, 9.17) is 4.74 Å². The van der Waals surface area contributed by atoms with E-state index in [1.54, 1.807) is 0 Å². The summed E-state index contributed by atoms with van der Waals surface area (Å²) in [6.45, 7) is 8.68. The number of hydrogen-bond donors (Lipinski definition) is 2. The molecule has 4 nitrogen and oxygen atoms in total. The van der Waals surface area contributed by atoms with Crippen molar-refractivity contribution in [3.63, 3.8) is 0 Å². The van der Waals surface area contributed by atoms with Gasteiger partial charge in [0.05, 0.1) is 0 Å². The Morgan fingerprint density at radius 2 is 1.95 bits per heavy atom. The molecular formula is C16H30N2O2. The molecule has 1 aliphatic heterocycles. The first-order valence-corrected chi connectivity index (χ1v) is 8.13.